The van der Waals surface area contributed by atoms with Crippen molar-refractivity contribution < 1.29 is 8.42 Å². The number of guanidine groups is 1. The first-order valence-corrected chi connectivity index (χ1v) is 9.11. The van der Waals surface area contributed by atoms with E-state index in [4.69, 9.17) is 0 Å². The molecule has 0 aliphatic carbocycles. The molecule has 9 heteroatoms. The highest BCUT2D eigenvalue weighted by atomic mass is 127. The lowest BCUT2D eigenvalue weighted by Crippen LogP contribution is -2.42. The fourth-order valence-electron chi connectivity index (χ4n) is 1.73. The summed E-state index contributed by atoms with van der Waals surface area (Å²) in [5, 5.41) is 3.11. The zero-order chi connectivity index (χ0) is 15.9. The number of aliphatic imine (C=N–C) groups is 1. The molecule has 0 unspecified atom stereocenters. The first-order chi connectivity index (χ1) is 9.81. The number of nitrogens with zero attached hydrogens (tertiary/aromatic N) is 2. The van der Waals surface area contributed by atoms with Crippen molar-refractivity contribution in [2.45, 2.75) is 6.54 Å². The average molecular weight is 505 g/mol. The monoisotopic (exact) mass is 504 g/mol. The van der Waals surface area contributed by atoms with Crippen molar-refractivity contribution >= 4 is 55.9 Å². The van der Waals surface area contributed by atoms with Crippen LogP contribution in [0.1, 0.15) is 5.56 Å². The van der Waals surface area contributed by atoms with Gasteiger partial charge in [0.2, 0.25) is 10.0 Å². The summed E-state index contributed by atoms with van der Waals surface area (Å²) in [7, 11) is 0.481. The molecule has 0 aliphatic rings. The minimum atomic E-state index is -3.15. The predicted molar refractivity (Wildman–Crippen MR) is 105 cm³/mol. The lowest BCUT2D eigenvalue weighted by atomic mass is 10.2. The third-order valence-electron chi connectivity index (χ3n) is 2.68. The summed E-state index contributed by atoms with van der Waals surface area (Å²) in [5.41, 5.74) is 1.16. The van der Waals surface area contributed by atoms with Crippen LogP contribution in [-0.4, -0.2) is 52.7 Å². The van der Waals surface area contributed by atoms with Crippen LogP contribution in [0.5, 0.6) is 0 Å². The average Bonchev–Trinajstić information content (AvgIpc) is 2.40. The first-order valence-electron chi connectivity index (χ1n) is 6.42. The van der Waals surface area contributed by atoms with E-state index in [0.29, 0.717) is 25.6 Å². The van der Waals surface area contributed by atoms with Crippen LogP contribution in [0, 0.1) is 0 Å². The van der Waals surface area contributed by atoms with Crippen LogP contribution in [0.4, 0.5) is 0 Å². The van der Waals surface area contributed by atoms with Gasteiger partial charge in [-0.15, -0.1) is 24.0 Å². The van der Waals surface area contributed by atoms with E-state index in [1.54, 1.807) is 7.05 Å². The van der Waals surface area contributed by atoms with Crippen molar-refractivity contribution in [3.05, 3.63) is 34.3 Å². The predicted octanol–water partition coefficient (Wildman–Crippen LogP) is 1.62. The van der Waals surface area contributed by atoms with Crippen LogP contribution in [0.25, 0.3) is 0 Å². The Morgan fingerprint density at radius 3 is 2.36 bits per heavy atom. The fourth-order valence-corrected chi connectivity index (χ4v) is 2.47. The lowest BCUT2D eigenvalue weighted by Gasteiger charge is -2.22. The van der Waals surface area contributed by atoms with Gasteiger partial charge in [0.1, 0.15) is 0 Å². The SMILES string of the molecule is CN=C(NCCNS(C)(=O)=O)N(C)Cc1ccc(Br)cc1.I. The Balaban J connectivity index is 0.00000441. The van der Waals surface area contributed by atoms with E-state index in [1.807, 2.05) is 36.2 Å². The Morgan fingerprint density at radius 2 is 1.86 bits per heavy atom. The normalized spacial score (nSPS) is 11.7. The Bertz CT molecular complexity index is 578. The molecule has 0 saturated carbocycles. The number of hydrogen-bond donors (Lipinski definition) is 2. The van der Waals surface area contributed by atoms with E-state index < -0.39 is 10.0 Å². The molecule has 0 atom stereocenters. The van der Waals surface area contributed by atoms with Crippen LogP contribution in [0.3, 0.4) is 0 Å². The molecule has 0 bridgehead atoms. The zero-order valence-electron chi connectivity index (χ0n) is 12.8. The Morgan fingerprint density at radius 1 is 1.27 bits per heavy atom. The van der Waals surface area contributed by atoms with Crippen LogP contribution < -0.4 is 10.0 Å². The van der Waals surface area contributed by atoms with Gasteiger partial charge in [-0.25, -0.2) is 13.1 Å². The van der Waals surface area contributed by atoms with Crippen molar-refractivity contribution in [1.29, 1.82) is 0 Å². The van der Waals surface area contributed by atoms with E-state index in [-0.39, 0.29) is 24.0 Å². The Hall–Kier alpha value is -0.390. The molecule has 0 spiro atoms. The van der Waals surface area contributed by atoms with Crippen LogP contribution in [0.15, 0.2) is 33.7 Å². The minimum Gasteiger partial charge on any atom is -0.355 e. The quantitative estimate of drug-likeness (QED) is 0.267. The standard InChI is InChI=1S/C13H21BrN4O2S.HI/c1-15-13(16-8-9-17-21(3,19)20)18(2)10-11-4-6-12(14)7-5-11;/h4-7,17H,8-10H2,1-3H3,(H,15,16);1H. The van der Waals surface area contributed by atoms with Crippen molar-refractivity contribution in [3.8, 4) is 0 Å². The van der Waals surface area contributed by atoms with Crippen molar-refractivity contribution in [3.63, 3.8) is 0 Å². The van der Waals surface area contributed by atoms with Crippen molar-refractivity contribution in [1.82, 2.24) is 14.9 Å². The number of hydrogen-bond acceptors (Lipinski definition) is 3. The fraction of sp³-hybridized carbons (Fsp3) is 0.462. The molecular formula is C13H22BrIN4O2S. The molecule has 0 radical (unpaired) electrons. The van der Waals surface area contributed by atoms with Gasteiger partial charge >= 0.3 is 0 Å². The molecule has 0 aromatic heterocycles. The Kier molecular flexibility index (Phi) is 10.2. The van der Waals surface area contributed by atoms with E-state index in [9.17, 15) is 8.42 Å². The highest BCUT2D eigenvalue weighted by Gasteiger charge is 2.06. The van der Waals surface area contributed by atoms with E-state index >= 15 is 0 Å². The zero-order valence-corrected chi connectivity index (χ0v) is 17.6. The summed E-state index contributed by atoms with van der Waals surface area (Å²) in [4.78, 5) is 6.16. The summed E-state index contributed by atoms with van der Waals surface area (Å²) >= 11 is 3.41. The van der Waals surface area contributed by atoms with Gasteiger partial charge in [-0.05, 0) is 17.7 Å². The summed E-state index contributed by atoms with van der Waals surface area (Å²) in [6.07, 6.45) is 1.14. The summed E-state index contributed by atoms with van der Waals surface area (Å²) in [6.45, 7) is 1.51. The smallest absolute Gasteiger partial charge is 0.208 e. The van der Waals surface area contributed by atoms with Gasteiger partial charge in [0.15, 0.2) is 5.96 Å². The van der Waals surface area contributed by atoms with Gasteiger partial charge in [0.25, 0.3) is 0 Å². The third-order valence-corrected chi connectivity index (χ3v) is 3.94. The molecule has 1 aromatic rings. The highest BCUT2D eigenvalue weighted by Crippen LogP contribution is 2.11. The number of nitrogens with one attached hydrogen (secondary N) is 2. The molecule has 0 heterocycles. The minimum absolute atomic E-state index is 0. The highest BCUT2D eigenvalue weighted by molar-refractivity contribution is 14.0. The maximum atomic E-state index is 11.0. The molecule has 0 amide bonds. The second kappa shape index (κ2) is 10.4. The van der Waals surface area contributed by atoms with Crippen molar-refractivity contribution in [2.75, 3.05) is 33.4 Å². The Labute approximate surface area is 158 Å². The first kappa shape index (κ1) is 21.6. The maximum absolute atomic E-state index is 11.0. The van der Waals surface area contributed by atoms with Crippen LogP contribution in [0.2, 0.25) is 0 Å². The van der Waals surface area contributed by atoms with E-state index in [0.717, 1.165) is 16.3 Å². The van der Waals surface area contributed by atoms with Gasteiger partial charge in [0.05, 0.1) is 6.26 Å². The van der Waals surface area contributed by atoms with Gasteiger partial charge in [-0.2, -0.15) is 0 Å². The molecule has 0 saturated heterocycles. The molecule has 22 heavy (non-hydrogen) atoms. The van der Waals surface area contributed by atoms with E-state index in [1.165, 1.54) is 0 Å². The lowest BCUT2D eigenvalue weighted by molar-refractivity contribution is 0.477. The van der Waals surface area contributed by atoms with Crippen LogP contribution in [-0.2, 0) is 16.6 Å². The number of benzene rings is 1. The molecule has 1 rings (SSSR count). The molecule has 0 aliphatic heterocycles. The van der Waals surface area contributed by atoms with Gasteiger partial charge in [-0.1, -0.05) is 28.1 Å². The van der Waals surface area contributed by atoms with Gasteiger partial charge in [0, 0.05) is 38.2 Å². The summed E-state index contributed by atoms with van der Waals surface area (Å²) in [5.74, 6) is 0.716. The van der Waals surface area contributed by atoms with Crippen LogP contribution >= 0.6 is 39.9 Å². The largest absolute Gasteiger partial charge is 0.355 e. The molecule has 6 nitrogen and oxygen atoms in total. The van der Waals surface area contributed by atoms with Gasteiger partial charge in [-0.3, -0.25) is 4.99 Å². The third kappa shape index (κ3) is 8.91. The summed E-state index contributed by atoms with van der Waals surface area (Å²) < 4.78 is 25.4. The molecular weight excluding hydrogens is 483 g/mol. The maximum Gasteiger partial charge on any atom is 0.208 e. The van der Waals surface area contributed by atoms with Gasteiger partial charge < -0.3 is 10.2 Å². The topological polar surface area (TPSA) is 73.8 Å². The molecule has 126 valence electrons. The number of sulfonamides is 1. The molecule has 0 fully saturated rings. The second-order valence-electron chi connectivity index (χ2n) is 4.62. The molecule has 2 N–H and O–H groups in total. The number of halogens is 2. The second-order valence-corrected chi connectivity index (χ2v) is 7.37. The molecule has 1 aromatic carbocycles. The van der Waals surface area contributed by atoms with Crippen molar-refractivity contribution in [2.24, 2.45) is 4.99 Å². The summed E-state index contributed by atoms with van der Waals surface area (Å²) in [6, 6.07) is 8.07. The number of rotatable bonds is 6. The van der Waals surface area contributed by atoms with E-state index in [2.05, 4.69) is 31.0 Å².